The van der Waals surface area contributed by atoms with E-state index in [9.17, 15) is 24.3 Å². The molecule has 1 fully saturated rings. The van der Waals surface area contributed by atoms with Crippen LogP contribution in [0.2, 0.25) is 0 Å². The van der Waals surface area contributed by atoms with Crippen molar-refractivity contribution in [1.29, 1.82) is 0 Å². The Kier molecular flexibility index (Phi) is 7.80. The van der Waals surface area contributed by atoms with Gasteiger partial charge < -0.3 is 34.8 Å². The molecule has 13 heteroatoms. The van der Waals surface area contributed by atoms with Crippen molar-refractivity contribution in [1.82, 2.24) is 24.8 Å². The number of fused-ring (bicyclic) bond motifs is 3. The van der Waals surface area contributed by atoms with Gasteiger partial charge in [-0.1, -0.05) is 0 Å². The zero-order valence-corrected chi connectivity index (χ0v) is 26.4. The van der Waals surface area contributed by atoms with E-state index >= 15 is 0 Å². The molecule has 0 spiro atoms. The van der Waals surface area contributed by atoms with Gasteiger partial charge in [-0.05, 0) is 76.7 Å². The van der Waals surface area contributed by atoms with E-state index in [1.807, 2.05) is 20.9 Å². The zero-order chi connectivity index (χ0) is 33.0. The van der Waals surface area contributed by atoms with Crippen LogP contribution < -0.4 is 20.3 Å². The molecule has 1 saturated heterocycles. The molecule has 13 nitrogen and oxygen atoms in total. The Morgan fingerprint density at radius 2 is 1.83 bits per heavy atom. The summed E-state index contributed by atoms with van der Waals surface area (Å²) in [6.45, 7) is 5.30. The average molecular weight is 641 g/mol. The summed E-state index contributed by atoms with van der Waals surface area (Å²) in [7, 11) is 2.03. The highest BCUT2D eigenvalue weighted by atomic mass is 16.5. The van der Waals surface area contributed by atoms with Crippen molar-refractivity contribution in [3.8, 4) is 22.9 Å². The van der Waals surface area contributed by atoms with Gasteiger partial charge in [0.15, 0.2) is 5.78 Å². The fraction of sp³-hybridized carbons (Fsp3) is 0.382. The molecule has 3 aliphatic heterocycles. The van der Waals surface area contributed by atoms with E-state index in [0.717, 1.165) is 31.5 Å². The molecule has 3 aliphatic rings. The summed E-state index contributed by atoms with van der Waals surface area (Å²) >= 11 is 0. The number of likely N-dealkylation sites (tertiary alicyclic amines) is 1. The van der Waals surface area contributed by atoms with Crippen molar-refractivity contribution in [3.63, 3.8) is 0 Å². The maximum Gasteiger partial charge on any atom is 0.261 e. The van der Waals surface area contributed by atoms with E-state index in [1.165, 1.54) is 11.1 Å². The number of amides is 2. The number of aromatic nitrogens is 3. The quantitative estimate of drug-likeness (QED) is 0.210. The van der Waals surface area contributed by atoms with E-state index in [1.54, 1.807) is 30.3 Å². The summed E-state index contributed by atoms with van der Waals surface area (Å²) < 4.78 is 11.7. The van der Waals surface area contributed by atoms with Crippen LogP contribution in [0.4, 0.5) is 5.69 Å². The number of benzene rings is 2. The topological polar surface area (TPSA) is 170 Å². The maximum atomic E-state index is 13.4. The van der Waals surface area contributed by atoms with Crippen molar-refractivity contribution in [2.75, 3.05) is 38.6 Å². The first-order valence-corrected chi connectivity index (χ1v) is 15.8. The van der Waals surface area contributed by atoms with Crippen LogP contribution in [0.3, 0.4) is 0 Å². The third-order valence-corrected chi connectivity index (χ3v) is 9.09. The van der Waals surface area contributed by atoms with Gasteiger partial charge in [0.25, 0.3) is 17.4 Å². The molecule has 2 aromatic heterocycles. The van der Waals surface area contributed by atoms with Crippen LogP contribution >= 0.6 is 0 Å². The van der Waals surface area contributed by atoms with Crippen LogP contribution in [0.25, 0.3) is 22.4 Å². The number of pyridine rings is 1. The van der Waals surface area contributed by atoms with Crippen LogP contribution in [0.15, 0.2) is 41.3 Å². The van der Waals surface area contributed by atoms with Crippen LogP contribution in [-0.4, -0.2) is 99.0 Å². The first-order valence-electron chi connectivity index (χ1n) is 15.8. The summed E-state index contributed by atoms with van der Waals surface area (Å²) in [5, 5.41) is 13.8. The lowest BCUT2D eigenvalue weighted by Crippen LogP contribution is -2.46. The van der Waals surface area contributed by atoms with Gasteiger partial charge in [0.2, 0.25) is 0 Å². The molecule has 0 radical (unpaired) electrons. The highest BCUT2D eigenvalue weighted by Crippen LogP contribution is 2.35. The normalized spacial score (nSPS) is 19.1. The molecular weight excluding hydrogens is 604 g/mol. The molecule has 0 bridgehead atoms. The minimum atomic E-state index is -0.955. The number of piperidine rings is 1. The fourth-order valence-electron chi connectivity index (χ4n) is 6.68. The van der Waals surface area contributed by atoms with Gasteiger partial charge in [-0.2, -0.15) is 0 Å². The van der Waals surface area contributed by atoms with Crippen LogP contribution in [-0.2, 0) is 0 Å². The number of carbonyl (C=O) groups is 3. The van der Waals surface area contributed by atoms with E-state index in [-0.39, 0.29) is 54.3 Å². The minimum absolute atomic E-state index is 0.0332. The highest BCUT2D eigenvalue weighted by Gasteiger charge is 2.41. The minimum Gasteiger partial charge on any atom is -0.491 e. The summed E-state index contributed by atoms with van der Waals surface area (Å²) in [6.07, 6.45) is 2.11. The number of carbonyl (C=O) groups excluding carboxylic acids is 3. The summed E-state index contributed by atoms with van der Waals surface area (Å²) in [4.78, 5) is 66.2. The van der Waals surface area contributed by atoms with E-state index in [0.29, 0.717) is 51.3 Å². The number of nitrogens with one attached hydrogen (secondary N) is 3. The molecular formula is C34H36N6O7. The Labute approximate surface area is 269 Å². The fourth-order valence-corrected chi connectivity index (χ4v) is 6.68. The molecule has 2 aromatic carbocycles. The monoisotopic (exact) mass is 640 g/mol. The smallest absolute Gasteiger partial charge is 0.261 e. The number of imide groups is 1. The number of imidazole rings is 1. The summed E-state index contributed by atoms with van der Waals surface area (Å²) in [5.74, 6) is 0.603. The van der Waals surface area contributed by atoms with Crippen molar-refractivity contribution in [2.45, 2.75) is 51.4 Å². The molecule has 0 aliphatic carbocycles. The molecule has 2 amide bonds. The SMILES string of the molecule is Cc1cc(OCC(O)CNc2cc[nH]c(=O)c2-c2nc3cc4c(cc3[nH]2)C(=O)N(C2CCN(C)CC2)C4=O)cc2c1C(=O)CC(C)O2. The lowest BCUT2D eigenvalue weighted by molar-refractivity contribution is 0.0516. The van der Waals surface area contributed by atoms with Crippen molar-refractivity contribution >= 4 is 34.3 Å². The lowest BCUT2D eigenvalue weighted by atomic mass is 9.97. The number of ketones is 1. The number of aromatic amines is 2. The predicted octanol–water partition coefficient (Wildman–Crippen LogP) is 3.12. The van der Waals surface area contributed by atoms with Crippen LogP contribution in [0.5, 0.6) is 11.5 Å². The second-order valence-corrected chi connectivity index (χ2v) is 12.6. The Morgan fingerprint density at radius 1 is 1.09 bits per heavy atom. The van der Waals surface area contributed by atoms with Gasteiger partial charge in [0, 0.05) is 31.3 Å². The highest BCUT2D eigenvalue weighted by molar-refractivity contribution is 6.23. The third-order valence-electron chi connectivity index (χ3n) is 9.09. The first kappa shape index (κ1) is 30.6. The molecule has 47 heavy (non-hydrogen) atoms. The van der Waals surface area contributed by atoms with Gasteiger partial charge in [-0.25, -0.2) is 4.98 Å². The Bertz CT molecular complexity index is 1920. The largest absolute Gasteiger partial charge is 0.491 e. The van der Waals surface area contributed by atoms with E-state index in [4.69, 9.17) is 9.47 Å². The molecule has 5 heterocycles. The number of hydrogen-bond donors (Lipinski definition) is 4. The molecule has 4 aromatic rings. The first-order chi connectivity index (χ1) is 22.6. The number of H-pyrrole nitrogens is 2. The zero-order valence-electron chi connectivity index (χ0n) is 26.4. The van der Waals surface area contributed by atoms with E-state index in [2.05, 4.69) is 25.2 Å². The molecule has 244 valence electrons. The molecule has 2 atom stereocenters. The number of nitrogens with zero attached hydrogens (tertiary/aromatic N) is 3. The lowest BCUT2D eigenvalue weighted by Gasteiger charge is -2.33. The molecule has 4 N–H and O–H groups in total. The van der Waals surface area contributed by atoms with Crippen LogP contribution in [0, 0.1) is 6.92 Å². The Balaban J connectivity index is 1.06. The Hall–Kier alpha value is -5.01. The Morgan fingerprint density at radius 3 is 2.60 bits per heavy atom. The second-order valence-electron chi connectivity index (χ2n) is 12.6. The van der Waals surface area contributed by atoms with Crippen molar-refractivity contribution < 1.29 is 29.0 Å². The number of hydrogen-bond acceptors (Lipinski definition) is 10. The number of aliphatic hydroxyl groups is 1. The summed E-state index contributed by atoms with van der Waals surface area (Å²) in [6, 6.07) is 8.17. The maximum absolute atomic E-state index is 13.4. The van der Waals surface area contributed by atoms with Crippen molar-refractivity contribution in [2.24, 2.45) is 0 Å². The number of aliphatic hydroxyl groups excluding tert-OH is 1. The van der Waals surface area contributed by atoms with E-state index < -0.39 is 11.7 Å². The van der Waals surface area contributed by atoms with Gasteiger partial charge in [0.1, 0.15) is 41.7 Å². The number of rotatable bonds is 8. The molecule has 0 saturated carbocycles. The van der Waals surface area contributed by atoms with Crippen LogP contribution in [0.1, 0.15) is 62.8 Å². The van der Waals surface area contributed by atoms with Crippen molar-refractivity contribution in [3.05, 3.63) is 69.1 Å². The number of Topliss-reactive ketones (excluding diaryl/α,β-unsaturated/α-hetero) is 1. The average Bonchev–Trinajstić information content (AvgIpc) is 3.55. The number of ether oxygens (including phenoxy) is 2. The van der Waals surface area contributed by atoms with Gasteiger partial charge in [0.05, 0.1) is 33.4 Å². The third kappa shape index (κ3) is 5.65. The molecule has 2 unspecified atom stereocenters. The second kappa shape index (κ2) is 12.0. The standard InChI is InChI=1S/C34H36N6O7/c1-17-10-21(12-28-29(17)27(42)11-18(2)47-28)46-16-20(41)15-36-24-4-7-35-32(43)30(24)31-37-25-13-22-23(14-26(25)38-31)34(45)40(33(22)44)19-5-8-39(3)9-6-19/h4,7,10,12-14,18-20,41H,5-6,8-9,11,15-16H2,1-3H3,(H,37,38)(H2,35,36,43). The summed E-state index contributed by atoms with van der Waals surface area (Å²) in [5.41, 5.74) is 3.13. The predicted molar refractivity (Wildman–Crippen MR) is 173 cm³/mol. The van der Waals surface area contributed by atoms with Gasteiger partial charge in [-0.15, -0.1) is 0 Å². The van der Waals surface area contributed by atoms with Gasteiger partial charge in [-0.3, -0.25) is 24.1 Å². The number of aryl methyl sites for hydroxylation is 1. The number of anilines is 1. The van der Waals surface area contributed by atoms with Gasteiger partial charge >= 0.3 is 0 Å². The molecule has 7 rings (SSSR count).